The molecule has 1 fully saturated rings. The summed E-state index contributed by atoms with van der Waals surface area (Å²) >= 11 is 5.92. The second-order valence-corrected chi connectivity index (χ2v) is 6.48. The second-order valence-electron chi connectivity index (χ2n) is 6.05. The van der Waals surface area contributed by atoms with E-state index in [1.54, 1.807) is 0 Å². The molecule has 0 bridgehead atoms. The van der Waals surface area contributed by atoms with Gasteiger partial charge >= 0.3 is 0 Å². The molecule has 2 heterocycles. The van der Waals surface area contributed by atoms with Crippen LogP contribution in [0.3, 0.4) is 0 Å². The Kier molecular flexibility index (Phi) is 4.52. The van der Waals surface area contributed by atoms with Crippen LogP contribution in [0.1, 0.15) is 24.2 Å². The normalized spacial score (nSPS) is 18.5. The Morgan fingerprint density at radius 2 is 1.86 bits per heavy atom. The highest BCUT2D eigenvalue weighted by molar-refractivity contribution is 6.30. The molecule has 0 amide bonds. The number of hydrogen-bond acceptors (Lipinski definition) is 3. The molecule has 0 unspecified atom stereocenters. The first-order valence-electron chi connectivity index (χ1n) is 7.75. The van der Waals surface area contributed by atoms with Crippen molar-refractivity contribution in [2.45, 2.75) is 31.9 Å². The number of imidazole rings is 1. The summed E-state index contributed by atoms with van der Waals surface area (Å²) in [4.78, 5) is 6.65. The molecule has 0 aliphatic carbocycles. The van der Waals surface area contributed by atoms with Gasteiger partial charge in [-0.25, -0.2) is 4.98 Å². The summed E-state index contributed by atoms with van der Waals surface area (Å²) in [6.45, 7) is 5.79. The van der Waals surface area contributed by atoms with Gasteiger partial charge in [-0.15, -0.1) is 0 Å². The van der Waals surface area contributed by atoms with E-state index in [4.69, 9.17) is 11.6 Å². The van der Waals surface area contributed by atoms with Crippen molar-refractivity contribution in [2.75, 3.05) is 19.6 Å². The van der Waals surface area contributed by atoms with Crippen LogP contribution in [0.2, 0.25) is 5.02 Å². The molecule has 1 aromatic carbocycles. The van der Waals surface area contributed by atoms with E-state index in [9.17, 15) is 5.11 Å². The number of aryl methyl sites for hydroxylation is 1. The number of likely N-dealkylation sites (tertiary alicyclic amines) is 1. The average Bonchev–Trinajstić information content (AvgIpc) is 2.93. The first kappa shape index (κ1) is 15.5. The summed E-state index contributed by atoms with van der Waals surface area (Å²) in [5.41, 5.74) is 0.258. The number of hydrogen-bond donors (Lipinski definition) is 1. The van der Waals surface area contributed by atoms with Crippen molar-refractivity contribution in [2.24, 2.45) is 0 Å². The first-order valence-corrected chi connectivity index (χ1v) is 8.13. The molecule has 1 aromatic heterocycles. The van der Waals surface area contributed by atoms with Gasteiger partial charge in [0.2, 0.25) is 0 Å². The summed E-state index contributed by atoms with van der Waals surface area (Å²) in [7, 11) is 0. The lowest BCUT2D eigenvalue weighted by molar-refractivity contribution is -0.0264. The lowest BCUT2D eigenvalue weighted by Crippen LogP contribution is -2.43. The van der Waals surface area contributed by atoms with Gasteiger partial charge in [0.05, 0.1) is 5.60 Å². The van der Waals surface area contributed by atoms with Crippen LogP contribution in [0.25, 0.3) is 0 Å². The van der Waals surface area contributed by atoms with Crippen molar-refractivity contribution >= 4 is 11.6 Å². The van der Waals surface area contributed by atoms with Gasteiger partial charge in [0.15, 0.2) is 0 Å². The molecule has 1 aliphatic heterocycles. The standard InChI is InChI=1S/C17H22ClN3O/c1-14-19-8-11-21(14)13-12-20-9-6-17(22,7-10-20)15-2-4-16(18)5-3-15/h2-5,8,11,22H,6-7,9-10,12-13H2,1H3. The Morgan fingerprint density at radius 1 is 1.18 bits per heavy atom. The van der Waals surface area contributed by atoms with Gasteiger partial charge in [0.25, 0.3) is 0 Å². The molecular weight excluding hydrogens is 298 g/mol. The largest absolute Gasteiger partial charge is 0.385 e. The number of piperidine rings is 1. The number of benzene rings is 1. The smallest absolute Gasteiger partial charge is 0.105 e. The molecule has 0 spiro atoms. The predicted molar refractivity (Wildman–Crippen MR) is 88.0 cm³/mol. The third kappa shape index (κ3) is 3.35. The van der Waals surface area contributed by atoms with Gasteiger partial charge in [0, 0.05) is 43.6 Å². The number of nitrogens with zero attached hydrogens (tertiary/aromatic N) is 3. The minimum atomic E-state index is -0.716. The van der Waals surface area contributed by atoms with Crippen LogP contribution in [-0.2, 0) is 12.1 Å². The summed E-state index contributed by atoms with van der Waals surface area (Å²) in [5, 5.41) is 11.6. The molecule has 4 nitrogen and oxygen atoms in total. The Labute approximate surface area is 136 Å². The van der Waals surface area contributed by atoms with E-state index < -0.39 is 5.60 Å². The van der Waals surface area contributed by atoms with Crippen LogP contribution >= 0.6 is 11.6 Å². The van der Waals surface area contributed by atoms with Crippen molar-refractivity contribution < 1.29 is 5.11 Å². The second kappa shape index (κ2) is 6.41. The van der Waals surface area contributed by atoms with Crippen molar-refractivity contribution in [3.05, 3.63) is 53.1 Å². The molecular formula is C17H22ClN3O. The van der Waals surface area contributed by atoms with Gasteiger partial charge in [-0.3, -0.25) is 0 Å². The Balaban J connectivity index is 1.55. The molecule has 1 saturated heterocycles. The molecule has 2 aromatic rings. The van der Waals surface area contributed by atoms with Crippen LogP contribution in [-0.4, -0.2) is 39.2 Å². The maximum Gasteiger partial charge on any atom is 0.105 e. The van der Waals surface area contributed by atoms with Gasteiger partial charge < -0.3 is 14.6 Å². The lowest BCUT2D eigenvalue weighted by Gasteiger charge is -2.38. The average molecular weight is 320 g/mol. The molecule has 0 radical (unpaired) electrons. The van der Waals surface area contributed by atoms with Crippen LogP contribution in [0, 0.1) is 6.92 Å². The molecule has 118 valence electrons. The van der Waals surface area contributed by atoms with Crippen LogP contribution in [0.5, 0.6) is 0 Å². The zero-order chi connectivity index (χ0) is 15.6. The highest BCUT2D eigenvalue weighted by Gasteiger charge is 2.33. The molecule has 5 heteroatoms. The van der Waals surface area contributed by atoms with E-state index in [0.717, 1.165) is 50.4 Å². The maximum atomic E-state index is 10.9. The van der Waals surface area contributed by atoms with E-state index >= 15 is 0 Å². The van der Waals surface area contributed by atoms with Crippen molar-refractivity contribution in [1.29, 1.82) is 0 Å². The zero-order valence-electron chi connectivity index (χ0n) is 12.9. The molecule has 22 heavy (non-hydrogen) atoms. The van der Waals surface area contributed by atoms with E-state index in [-0.39, 0.29) is 0 Å². The van der Waals surface area contributed by atoms with Crippen molar-refractivity contribution in [3.63, 3.8) is 0 Å². The number of halogens is 1. The van der Waals surface area contributed by atoms with Crippen LogP contribution in [0.4, 0.5) is 0 Å². The van der Waals surface area contributed by atoms with E-state index in [1.165, 1.54) is 0 Å². The first-order chi connectivity index (χ1) is 10.6. The van der Waals surface area contributed by atoms with Gasteiger partial charge in [-0.1, -0.05) is 23.7 Å². The molecule has 3 rings (SSSR count). The fraction of sp³-hybridized carbons (Fsp3) is 0.471. The Hall–Kier alpha value is -1.36. The number of aromatic nitrogens is 2. The van der Waals surface area contributed by atoms with E-state index in [0.29, 0.717) is 5.02 Å². The molecule has 1 N–H and O–H groups in total. The third-order valence-corrected chi connectivity index (χ3v) is 4.90. The minimum Gasteiger partial charge on any atom is -0.385 e. The Bertz CT molecular complexity index is 615. The minimum absolute atomic E-state index is 0.709. The fourth-order valence-corrected chi connectivity index (χ4v) is 3.21. The topological polar surface area (TPSA) is 41.3 Å². The Morgan fingerprint density at radius 3 is 2.45 bits per heavy atom. The summed E-state index contributed by atoms with van der Waals surface area (Å²) < 4.78 is 2.17. The zero-order valence-corrected chi connectivity index (χ0v) is 13.6. The van der Waals surface area contributed by atoms with E-state index in [2.05, 4.69) is 14.5 Å². The van der Waals surface area contributed by atoms with Crippen LogP contribution < -0.4 is 0 Å². The third-order valence-electron chi connectivity index (χ3n) is 4.65. The molecule has 0 saturated carbocycles. The van der Waals surface area contributed by atoms with Crippen molar-refractivity contribution in [1.82, 2.24) is 14.5 Å². The van der Waals surface area contributed by atoms with E-state index in [1.807, 2.05) is 43.6 Å². The maximum absolute atomic E-state index is 10.9. The van der Waals surface area contributed by atoms with Crippen LogP contribution in [0.15, 0.2) is 36.7 Å². The SMILES string of the molecule is Cc1nccn1CCN1CCC(O)(c2ccc(Cl)cc2)CC1. The lowest BCUT2D eigenvalue weighted by atomic mass is 9.84. The van der Waals surface area contributed by atoms with Gasteiger partial charge in [-0.05, 0) is 37.5 Å². The van der Waals surface area contributed by atoms with Gasteiger partial charge in [-0.2, -0.15) is 0 Å². The summed E-state index contributed by atoms with van der Waals surface area (Å²) in [6, 6.07) is 7.58. The fourth-order valence-electron chi connectivity index (χ4n) is 3.08. The quantitative estimate of drug-likeness (QED) is 0.942. The summed E-state index contributed by atoms with van der Waals surface area (Å²) in [5.74, 6) is 1.05. The highest BCUT2D eigenvalue weighted by atomic mass is 35.5. The summed E-state index contributed by atoms with van der Waals surface area (Å²) in [6.07, 6.45) is 5.38. The molecule has 0 atom stereocenters. The van der Waals surface area contributed by atoms with Crippen molar-refractivity contribution in [3.8, 4) is 0 Å². The monoisotopic (exact) mass is 319 g/mol. The molecule has 1 aliphatic rings. The number of rotatable bonds is 4. The number of aliphatic hydroxyl groups is 1. The predicted octanol–water partition coefficient (Wildman–Crippen LogP) is 2.83. The highest BCUT2D eigenvalue weighted by Crippen LogP contribution is 2.33. The van der Waals surface area contributed by atoms with Gasteiger partial charge in [0.1, 0.15) is 5.82 Å².